The van der Waals surface area contributed by atoms with Gasteiger partial charge in [0.25, 0.3) is 0 Å². The predicted octanol–water partition coefficient (Wildman–Crippen LogP) is 0.00600. The molecule has 1 N–H and O–H groups in total. The highest BCUT2D eigenvalue weighted by Crippen LogP contribution is 2.09. The Kier molecular flexibility index (Phi) is 5.05. The van der Waals surface area contributed by atoms with Gasteiger partial charge in [-0.3, -0.25) is 9.69 Å². The molecule has 0 aromatic carbocycles. The number of nitrogens with one attached hydrogen (secondary N) is 1. The summed E-state index contributed by atoms with van der Waals surface area (Å²) >= 11 is 0. The van der Waals surface area contributed by atoms with E-state index in [1.807, 2.05) is 14.1 Å². The summed E-state index contributed by atoms with van der Waals surface area (Å²) in [5.74, 6) is 0.919. The molecule has 1 fully saturated rings. The summed E-state index contributed by atoms with van der Waals surface area (Å²) < 4.78 is 0. The maximum atomic E-state index is 11.6. The minimum atomic E-state index is 0.197. The Bertz CT molecular complexity index is 200. The average Bonchev–Trinajstić information content (AvgIpc) is 2.69. The number of amides is 1. The zero-order valence-corrected chi connectivity index (χ0v) is 10.1. The normalized spacial score (nSPS) is 20.9. The fourth-order valence-electron chi connectivity index (χ4n) is 1.87. The van der Waals surface area contributed by atoms with Gasteiger partial charge in [-0.05, 0) is 32.0 Å². The molecule has 4 heteroatoms. The average molecular weight is 213 g/mol. The van der Waals surface area contributed by atoms with Crippen LogP contribution in [-0.2, 0) is 4.79 Å². The maximum absolute atomic E-state index is 11.6. The molecule has 15 heavy (non-hydrogen) atoms. The second-order valence-corrected chi connectivity index (χ2v) is 4.47. The van der Waals surface area contributed by atoms with E-state index in [4.69, 9.17) is 0 Å². The molecule has 4 nitrogen and oxygen atoms in total. The van der Waals surface area contributed by atoms with E-state index >= 15 is 0 Å². The van der Waals surface area contributed by atoms with E-state index in [0.717, 1.165) is 32.1 Å². The Hall–Kier alpha value is -0.610. The van der Waals surface area contributed by atoms with E-state index in [2.05, 4.69) is 17.1 Å². The van der Waals surface area contributed by atoms with E-state index in [1.165, 1.54) is 6.42 Å². The van der Waals surface area contributed by atoms with Crippen molar-refractivity contribution in [3.63, 3.8) is 0 Å². The Morgan fingerprint density at radius 3 is 2.67 bits per heavy atom. The van der Waals surface area contributed by atoms with Crippen LogP contribution in [0.5, 0.6) is 0 Å². The van der Waals surface area contributed by atoms with E-state index in [0.29, 0.717) is 6.54 Å². The second-order valence-electron chi connectivity index (χ2n) is 4.47. The van der Waals surface area contributed by atoms with E-state index in [-0.39, 0.29) is 5.91 Å². The minimum absolute atomic E-state index is 0.197. The first kappa shape index (κ1) is 12.5. The maximum Gasteiger partial charge on any atom is 0.236 e. The summed E-state index contributed by atoms with van der Waals surface area (Å²) in [6.45, 7) is 6.90. The van der Waals surface area contributed by atoms with Crippen molar-refractivity contribution in [2.24, 2.45) is 5.92 Å². The van der Waals surface area contributed by atoms with Crippen LogP contribution in [0.15, 0.2) is 0 Å². The van der Waals surface area contributed by atoms with Crippen molar-refractivity contribution in [2.75, 3.05) is 46.8 Å². The van der Waals surface area contributed by atoms with Gasteiger partial charge < -0.3 is 10.2 Å². The van der Waals surface area contributed by atoms with Crippen molar-refractivity contribution in [1.29, 1.82) is 0 Å². The molecule has 1 heterocycles. The molecule has 1 aliphatic heterocycles. The number of hydrogen-bond acceptors (Lipinski definition) is 3. The van der Waals surface area contributed by atoms with Crippen LogP contribution in [-0.4, -0.2) is 62.5 Å². The number of hydrogen-bond donors (Lipinski definition) is 1. The van der Waals surface area contributed by atoms with Gasteiger partial charge in [0.1, 0.15) is 0 Å². The van der Waals surface area contributed by atoms with Gasteiger partial charge in [-0.2, -0.15) is 0 Å². The van der Waals surface area contributed by atoms with Crippen LogP contribution in [0.2, 0.25) is 0 Å². The molecule has 0 aromatic heterocycles. The highest BCUT2D eigenvalue weighted by atomic mass is 16.2. The molecule has 0 radical (unpaired) electrons. The second kappa shape index (κ2) is 6.08. The number of likely N-dealkylation sites (N-methyl/N-ethyl adjacent to an activating group) is 2. The molecule has 1 rings (SSSR count). The first-order chi connectivity index (χ1) is 7.13. The van der Waals surface area contributed by atoms with Crippen LogP contribution < -0.4 is 5.32 Å². The fourth-order valence-corrected chi connectivity index (χ4v) is 1.87. The summed E-state index contributed by atoms with van der Waals surface area (Å²) in [7, 11) is 3.63. The first-order valence-corrected chi connectivity index (χ1v) is 5.76. The number of rotatable bonds is 5. The Morgan fingerprint density at radius 2 is 2.20 bits per heavy atom. The van der Waals surface area contributed by atoms with E-state index < -0.39 is 0 Å². The molecule has 1 atom stereocenters. The summed E-state index contributed by atoms with van der Waals surface area (Å²) in [5.41, 5.74) is 0. The van der Waals surface area contributed by atoms with E-state index in [9.17, 15) is 4.79 Å². The summed E-state index contributed by atoms with van der Waals surface area (Å²) in [6.07, 6.45) is 1.24. The minimum Gasteiger partial charge on any atom is -0.348 e. The summed E-state index contributed by atoms with van der Waals surface area (Å²) in [4.78, 5) is 15.5. The lowest BCUT2D eigenvalue weighted by Gasteiger charge is -2.24. The van der Waals surface area contributed by atoms with Crippen molar-refractivity contribution in [1.82, 2.24) is 15.1 Å². The molecule has 1 aliphatic rings. The van der Waals surface area contributed by atoms with Crippen LogP contribution in [0.3, 0.4) is 0 Å². The zero-order valence-electron chi connectivity index (χ0n) is 10.1. The number of carbonyl (C=O) groups is 1. The van der Waals surface area contributed by atoms with Crippen LogP contribution in [0.25, 0.3) is 0 Å². The molecule has 1 saturated heterocycles. The summed E-state index contributed by atoms with van der Waals surface area (Å²) in [6, 6.07) is 0. The topological polar surface area (TPSA) is 35.6 Å². The van der Waals surface area contributed by atoms with Crippen LogP contribution in [0.4, 0.5) is 0 Å². The van der Waals surface area contributed by atoms with Gasteiger partial charge in [-0.1, -0.05) is 6.92 Å². The number of nitrogens with zero attached hydrogens (tertiary/aromatic N) is 2. The van der Waals surface area contributed by atoms with Crippen molar-refractivity contribution < 1.29 is 4.79 Å². The van der Waals surface area contributed by atoms with Gasteiger partial charge >= 0.3 is 0 Å². The van der Waals surface area contributed by atoms with Crippen molar-refractivity contribution >= 4 is 5.91 Å². The smallest absolute Gasteiger partial charge is 0.236 e. The molecule has 1 amide bonds. The van der Waals surface area contributed by atoms with Gasteiger partial charge in [0, 0.05) is 20.6 Å². The van der Waals surface area contributed by atoms with Gasteiger partial charge in [0.15, 0.2) is 0 Å². The Morgan fingerprint density at radius 1 is 1.47 bits per heavy atom. The molecular formula is C11H23N3O. The third kappa shape index (κ3) is 4.18. The molecule has 0 aromatic rings. The molecular weight excluding hydrogens is 190 g/mol. The van der Waals surface area contributed by atoms with Crippen molar-refractivity contribution in [3.8, 4) is 0 Å². The largest absolute Gasteiger partial charge is 0.348 e. The fraction of sp³-hybridized carbons (Fsp3) is 0.909. The quantitative estimate of drug-likeness (QED) is 0.698. The van der Waals surface area contributed by atoms with Gasteiger partial charge in [-0.15, -0.1) is 0 Å². The predicted molar refractivity (Wildman–Crippen MR) is 61.8 cm³/mol. The van der Waals surface area contributed by atoms with Crippen LogP contribution in [0.1, 0.15) is 13.3 Å². The standard InChI is InChI=1S/C11H23N3O/c1-4-14(9-11(15)13(2)3)8-10-5-6-12-7-10/h10,12H,4-9H2,1-3H3. The monoisotopic (exact) mass is 213 g/mol. The van der Waals surface area contributed by atoms with Crippen molar-refractivity contribution in [3.05, 3.63) is 0 Å². The molecule has 0 spiro atoms. The SMILES string of the molecule is CCN(CC(=O)N(C)C)CC1CCNC1. The van der Waals surface area contributed by atoms with Crippen molar-refractivity contribution in [2.45, 2.75) is 13.3 Å². The lowest BCUT2D eigenvalue weighted by molar-refractivity contribution is -0.130. The lowest BCUT2D eigenvalue weighted by Crippen LogP contribution is -2.39. The lowest BCUT2D eigenvalue weighted by atomic mass is 10.1. The summed E-state index contributed by atoms with van der Waals surface area (Å²) in [5, 5.41) is 3.36. The third-order valence-corrected chi connectivity index (χ3v) is 2.98. The number of carbonyl (C=O) groups excluding carboxylic acids is 1. The first-order valence-electron chi connectivity index (χ1n) is 5.76. The Balaban J connectivity index is 2.31. The van der Waals surface area contributed by atoms with Gasteiger partial charge in [-0.25, -0.2) is 0 Å². The zero-order chi connectivity index (χ0) is 11.3. The van der Waals surface area contributed by atoms with Crippen LogP contribution >= 0.6 is 0 Å². The highest BCUT2D eigenvalue weighted by Gasteiger charge is 2.19. The molecule has 1 unspecified atom stereocenters. The molecule has 0 aliphatic carbocycles. The van der Waals surface area contributed by atoms with Gasteiger partial charge in [0.05, 0.1) is 6.54 Å². The highest BCUT2D eigenvalue weighted by molar-refractivity contribution is 5.77. The van der Waals surface area contributed by atoms with E-state index in [1.54, 1.807) is 4.90 Å². The Labute approximate surface area is 92.6 Å². The molecule has 0 bridgehead atoms. The van der Waals surface area contributed by atoms with Gasteiger partial charge in [0.2, 0.25) is 5.91 Å². The molecule has 0 saturated carbocycles. The third-order valence-electron chi connectivity index (χ3n) is 2.98. The molecule has 88 valence electrons. The van der Waals surface area contributed by atoms with Crippen LogP contribution in [0, 0.1) is 5.92 Å².